The molecule has 4 nitrogen and oxygen atoms in total. The molecule has 134 valence electrons. The van der Waals surface area contributed by atoms with Gasteiger partial charge in [-0.25, -0.2) is 0 Å². The largest absolute Gasteiger partial charge is 0.497 e. The van der Waals surface area contributed by atoms with Crippen LogP contribution in [0.25, 0.3) is 22.1 Å². The highest BCUT2D eigenvalue weighted by molar-refractivity contribution is 5.82. The number of ether oxygens (including phenoxy) is 2. The molecule has 0 aliphatic heterocycles. The summed E-state index contributed by atoms with van der Waals surface area (Å²) in [5, 5.41) is 0.535. The van der Waals surface area contributed by atoms with Gasteiger partial charge in [0.25, 0.3) is 0 Å². The molecule has 0 bridgehead atoms. The Morgan fingerprint density at radius 3 is 2.37 bits per heavy atom. The van der Waals surface area contributed by atoms with Gasteiger partial charge in [-0.1, -0.05) is 42.5 Å². The van der Waals surface area contributed by atoms with Crippen LogP contribution in [0.1, 0.15) is 5.56 Å². The first-order chi connectivity index (χ1) is 13.2. The molecule has 0 amide bonds. The van der Waals surface area contributed by atoms with Crippen LogP contribution in [0.4, 0.5) is 0 Å². The second-order valence-electron chi connectivity index (χ2n) is 6.14. The van der Waals surface area contributed by atoms with Crippen LogP contribution in [0.3, 0.4) is 0 Å². The standard InChI is InChI=1S/C23H18O4/c1-25-18-9-7-16(8-10-18)14-26-19-11-12-20-22(13-19)27-15-21(23(20)24)17-5-3-2-4-6-17/h2-13,15H,14H2,1H3. The summed E-state index contributed by atoms with van der Waals surface area (Å²) in [7, 11) is 1.64. The van der Waals surface area contributed by atoms with Crippen molar-refractivity contribution in [2.24, 2.45) is 0 Å². The quantitative estimate of drug-likeness (QED) is 0.501. The normalized spacial score (nSPS) is 10.7. The van der Waals surface area contributed by atoms with E-state index < -0.39 is 0 Å². The number of fused-ring (bicyclic) bond motifs is 1. The van der Waals surface area contributed by atoms with Gasteiger partial charge in [0.15, 0.2) is 5.43 Å². The van der Waals surface area contributed by atoms with Gasteiger partial charge in [-0.2, -0.15) is 0 Å². The van der Waals surface area contributed by atoms with Crippen LogP contribution in [-0.2, 0) is 6.61 Å². The third-order valence-corrected chi connectivity index (χ3v) is 4.40. The molecule has 0 unspecified atom stereocenters. The van der Waals surface area contributed by atoms with Crippen LogP contribution in [0, 0.1) is 0 Å². The molecule has 4 heteroatoms. The monoisotopic (exact) mass is 358 g/mol. The van der Waals surface area contributed by atoms with E-state index in [-0.39, 0.29) is 5.43 Å². The van der Waals surface area contributed by atoms with Crippen molar-refractivity contribution in [3.63, 3.8) is 0 Å². The van der Waals surface area contributed by atoms with Gasteiger partial charge in [0, 0.05) is 6.07 Å². The highest BCUT2D eigenvalue weighted by atomic mass is 16.5. The molecule has 27 heavy (non-hydrogen) atoms. The molecule has 4 rings (SSSR count). The van der Waals surface area contributed by atoms with Crippen LogP contribution in [0.5, 0.6) is 11.5 Å². The maximum atomic E-state index is 12.8. The summed E-state index contributed by atoms with van der Waals surface area (Å²) in [4.78, 5) is 12.8. The average molecular weight is 358 g/mol. The summed E-state index contributed by atoms with van der Waals surface area (Å²) in [5.41, 5.74) is 2.87. The fraction of sp³-hybridized carbons (Fsp3) is 0.0870. The molecule has 3 aromatic carbocycles. The first-order valence-corrected chi connectivity index (χ1v) is 8.61. The molecule has 0 spiro atoms. The second kappa shape index (κ2) is 7.38. The van der Waals surface area contributed by atoms with Crippen LogP contribution in [0.15, 0.2) is 88.3 Å². The summed E-state index contributed by atoms with van der Waals surface area (Å²) < 4.78 is 16.7. The van der Waals surface area contributed by atoms with Crippen molar-refractivity contribution < 1.29 is 13.9 Å². The smallest absolute Gasteiger partial charge is 0.200 e. The van der Waals surface area contributed by atoms with Crippen LogP contribution < -0.4 is 14.9 Å². The summed E-state index contributed by atoms with van der Waals surface area (Å²) in [5.74, 6) is 1.45. The molecule has 0 radical (unpaired) electrons. The van der Waals surface area contributed by atoms with E-state index in [1.54, 1.807) is 25.3 Å². The van der Waals surface area contributed by atoms with E-state index >= 15 is 0 Å². The van der Waals surface area contributed by atoms with Crippen LogP contribution in [0.2, 0.25) is 0 Å². The Bertz CT molecular complexity index is 1110. The third kappa shape index (κ3) is 3.55. The second-order valence-corrected chi connectivity index (χ2v) is 6.14. The van der Waals surface area contributed by atoms with Gasteiger partial charge in [-0.15, -0.1) is 0 Å². The molecule has 0 atom stereocenters. The van der Waals surface area contributed by atoms with E-state index in [0.29, 0.717) is 28.9 Å². The highest BCUT2D eigenvalue weighted by Crippen LogP contribution is 2.23. The molecule has 0 aliphatic carbocycles. The number of hydrogen-bond donors (Lipinski definition) is 0. The summed E-state index contributed by atoms with van der Waals surface area (Å²) >= 11 is 0. The summed E-state index contributed by atoms with van der Waals surface area (Å²) in [6.45, 7) is 0.418. The molecule has 0 N–H and O–H groups in total. The minimum absolute atomic E-state index is 0.0517. The van der Waals surface area contributed by atoms with E-state index in [1.807, 2.05) is 54.6 Å². The van der Waals surface area contributed by atoms with Gasteiger partial charge < -0.3 is 13.9 Å². The number of hydrogen-bond acceptors (Lipinski definition) is 4. The number of rotatable bonds is 5. The van der Waals surface area contributed by atoms with E-state index in [1.165, 1.54) is 6.26 Å². The van der Waals surface area contributed by atoms with Gasteiger partial charge in [-0.05, 0) is 35.4 Å². The summed E-state index contributed by atoms with van der Waals surface area (Å²) in [6, 6.07) is 22.5. The lowest BCUT2D eigenvalue weighted by atomic mass is 10.1. The van der Waals surface area contributed by atoms with Gasteiger partial charge in [-0.3, -0.25) is 4.79 Å². The van der Waals surface area contributed by atoms with E-state index in [2.05, 4.69) is 0 Å². The molecule has 0 saturated carbocycles. The van der Waals surface area contributed by atoms with Gasteiger partial charge >= 0.3 is 0 Å². The van der Waals surface area contributed by atoms with Crippen molar-refractivity contribution in [2.45, 2.75) is 6.61 Å². The first-order valence-electron chi connectivity index (χ1n) is 8.61. The zero-order chi connectivity index (χ0) is 18.6. The van der Waals surface area contributed by atoms with Crippen LogP contribution >= 0.6 is 0 Å². The number of benzene rings is 3. The van der Waals surface area contributed by atoms with Crippen molar-refractivity contribution in [1.29, 1.82) is 0 Å². The van der Waals surface area contributed by atoms with Crippen molar-refractivity contribution in [1.82, 2.24) is 0 Å². The Kier molecular flexibility index (Phi) is 4.62. The SMILES string of the molecule is COc1ccc(COc2ccc3c(=O)c(-c4ccccc4)coc3c2)cc1. The topological polar surface area (TPSA) is 48.7 Å². The Balaban J connectivity index is 1.58. The molecule has 0 fully saturated rings. The molecule has 1 aromatic heterocycles. The lowest BCUT2D eigenvalue weighted by Gasteiger charge is -2.08. The minimum Gasteiger partial charge on any atom is -0.497 e. The molecule has 0 saturated heterocycles. The van der Waals surface area contributed by atoms with Crippen molar-refractivity contribution >= 4 is 11.0 Å². The highest BCUT2D eigenvalue weighted by Gasteiger charge is 2.10. The minimum atomic E-state index is -0.0517. The molecule has 0 aliphatic rings. The van der Waals surface area contributed by atoms with Gasteiger partial charge in [0.05, 0.1) is 18.1 Å². The molecular formula is C23H18O4. The number of methoxy groups -OCH3 is 1. The van der Waals surface area contributed by atoms with Gasteiger partial charge in [0.2, 0.25) is 0 Å². The third-order valence-electron chi connectivity index (χ3n) is 4.40. The molecule has 4 aromatic rings. The van der Waals surface area contributed by atoms with Crippen molar-refractivity contribution in [2.75, 3.05) is 7.11 Å². The Labute approximate surface area is 156 Å². The predicted octanol–water partition coefficient (Wildman–Crippen LogP) is 5.05. The molecule has 1 heterocycles. The van der Waals surface area contributed by atoms with Crippen LogP contribution in [-0.4, -0.2) is 7.11 Å². The first kappa shape index (κ1) is 16.9. The lowest BCUT2D eigenvalue weighted by Crippen LogP contribution is -2.05. The Morgan fingerprint density at radius 1 is 0.889 bits per heavy atom. The van der Waals surface area contributed by atoms with Crippen molar-refractivity contribution in [3.8, 4) is 22.6 Å². The maximum absolute atomic E-state index is 12.8. The lowest BCUT2D eigenvalue weighted by molar-refractivity contribution is 0.306. The van der Waals surface area contributed by atoms with E-state index in [0.717, 1.165) is 16.9 Å². The zero-order valence-corrected chi connectivity index (χ0v) is 14.8. The molecular weight excluding hydrogens is 340 g/mol. The Morgan fingerprint density at radius 2 is 1.63 bits per heavy atom. The predicted molar refractivity (Wildman–Crippen MR) is 105 cm³/mol. The van der Waals surface area contributed by atoms with Gasteiger partial charge in [0.1, 0.15) is 30.0 Å². The summed E-state index contributed by atoms with van der Waals surface area (Å²) in [6.07, 6.45) is 1.51. The fourth-order valence-corrected chi connectivity index (χ4v) is 2.90. The average Bonchev–Trinajstić information content (AvgIpc) is 2.73. The van der Waals surface area contributed by atoms with Crippen molar-refractivity contribution in [3.05, 3.63) is 94.8 Å². The Hall–Kier alpha value is -3.53. The fourth-order valence-electron chi connectivity index (χ4n) is 2.90. The van der Waals surface area contributed by atoms with E-state index in [4.69, 9.17) is 13.9 Å². The van der Waals surface area contributed by atoms with E-state index in [9.17, 15) is 4.79 Å². The maximum Gasteiger partial charge on any atom is 0.200 e. The zero-order valence-electron chi connectivity index (χ0n) is 14.8.